The molecule has 2 saturated heterocycles. The highest BCUT2D eigenvalue weighted by molar-refractivity contribution is 8.23. The van der Waals surface area contributed by atoms with Gasteiger partial charge in [-0.1, -0.05) is 43.2 Å². The maximum Gasteiger partial charge on any atom is 0.233 e. The van der Waals surface area contributed by atoms with Gasteiger partial charge in [0.05, 0.1) is 5.75 Å². The van der Waals surface area contributed by atoms with E-state index in [2.05, 4.69) is 4.90 Å². The van der Waals surface area contributed by atoms with Gasteiger partial charge in [0.2, 0.25) is 5.91 Å². The number of thiocarbonyl (C=S) groups is 1. The fourth-order valence-electron chi connectivity index (χ4n) is 2.70. The highest BCUT2D eigenvalue weighted by atomic mass is 32.2. The molecule has 3 nitrogen and oxygen atoms in total. The third-order valence-corrected chi connectivity index (χ3v) is 5.40. The second-order valence-corrected chi connectivity index (χ2v) is 7.01. The summed E-state index contributed by atoms with van der Waals surface area (Å²) in [5.41, 5.74) is 0. The molecule has 0 aromatic rings. The van der Waals surface area contributed by atoms with Gasteiger partial charge in [-0.25, -0.2) is 0 Å². The highest BCUT2D eigenvalue weighted by Crippen LogP contribution is 2.17. The predicted molar refractivity (Wildman–Crippen MR) is 85.5 cm³/mol. The Bertz CT molecular complexity index is 309. The van der Waals surface area contributed by atoms with E-state index >= 15 is 0 Å². The summed E-state index contributed by atoms with van der Waals surface area (Å²) in [4.78, 5) is 16.5. The minimum atomic E-state index is 0.272. The van der Waals surface area contributed by atoms with Crippen LogP contribution >= 0.6 is 24.0 Å². The molecule has 0 saturated carbocycles. The van der Waals surface area contributed by atoms with Crippen molar-refractivity contribution in [1.29, 1.82) is 0 Å². The Labute approximate surface area is 126 Å². The van der Waals surface area contributed by atoms with Crippen LogP contribution in [0.1, 0.15) is 44.9 Å². The number of hydrogen-bond acceptors (Lipinski definition) is 3. The lowest BCUT2D eigenvalue weighted by atomic mass is 10.1. The molecular weight excluding hydrogens is 276 g/mol. The molecular formula is C14H24N2OS2. The lowest BCUT2D eigenvalue weighted by Gasteiger charge is -2.25. The zero-order chi connectivity index (χ0) is 13.5. The van der Waals surface area contributed by atoms with Crippen LogP contribution in [0.25, 0.3) is 0 Å². The molecule has 1 amide bonds. The Morgan fingerprint density at radius 2 is 1.32 bits per heavy atom. The van der Waals surface area contributed by atoms with Crippen molar-refractivity contribution in [3.8, 4) is 0 Å². The molecule has 0 aromatic heterocycles. The van der Waals surface area contributed by atoms with Crippen LogP contribution in [-0.2, 0) is 4.79 Å². The number of carbonyl (C=O) groups excluding carboxylic acids is 1. The Morgan fingerprint density at radius 1 is 0.842 bits per heavy atom. The van der Waals surface area contributed by atoms with Gasteiger partial charge in [0.1, 0.15) is 4.32 Å². The second-order valence-electron chi connectivity index (χ2n) is 5.40. The molecule has 108 valence electrons. The van der Waals surface area contributed by atoms with E-state index in [4.69, 9.17) is 12.2 Å². The van der Waals surface area contributed by atoms with E-state index < -0.39 is 0 Å². The summed E-state index contributed by atoms with van der Waals surface area (Å²) in [7, 11) is 0. The normalized spacial score (nSPS) is 21.1. The minimum absolute atomic E-state index is 0.272. The van der Waals surface area contributed by atoms with Gasteiger partial charge in [-0.05, 0) is 25.7 Å². The number of thioether (sulfide) groups is 1. The largest absolute Gasteiger partial charge is 0.358 e. The van der Waals surface area contributed by atoms with Crippen molar-refractivity contribution in [2.24, 2.45) is 0 Å². The summed E-state index contributed by atoms with van der Waals surface area (Å²) >= 11 is 6.95. The zero-order valence-electron chi connectivity index (χ0n) is 11.6. The van der Waals surface area contributed by atoms with Crippen molar-refractivity contribution in [1.82, 2.24) is 9.80 Å². The van der Waals surface area contributed by atoms with Crippen LogP contribution in [0.15, 0.2) is 0 Å². The van der Waals surface area contributed by atoms with Crippen molar-refractivity contribution >= 4 is 34.2 Å². The Kier molecular flexibility index (Phi) is 6.44. The minimum Gasteiger partial charge on any atom is -0.358 e. The maximum absolute atomic E-state index is 12.2. The van der Waals surface area contributed by atoms with Gasteiger partial charge in [0, 0.05) is 26.2 Å². The molecule has 0 bridgehead atoms. The summed E-state index contributed by atoms with van der Waals surface area (Å²) in [6, 6.07) is 0. The lowest BCUT2D eigenvalue weighted by molar-refractivity contribution is -0.128. The Morgan fingerprint density at radius 3 is 1.95 bits per heavy atom. The standard InChI is InChI=1S/C14H24N2OS2/c17-13(15-8-4-2-1-3-5-9-15)12-19-14(18)16-10-6-7-11-16/h1-12H2. The number of hydrogen-bond donors (Lipinski definition) is 0. The highest BCUT2D eigenvalue weighted by Gasteiger charge is 2.19. The van der Waals surface area contributed by atoms with Crippen LogP contribution < -0.4 is 0 Å². The number of rotatable bonds is 2. The van der Waals surface area contributed by atoms with Crippen molar-refractivity contribution in [3.05, 3.63) is 0 Å². The van der Waals surface area contributed by atoms with Gasteiger partial charge in [0.15, 0.2) is 0 Å². The zero-order valence-corrected chi connectivity index (χ0v) is 13.2. The third kappa shape index (κ3) is 4.95. The number of likely N-dealkylation sites (tertiary alicyclic amines) is 2. The first kappa shape index (κ1) is 15.1. The van der Waals surface area contributed by atoms with Crippen molar-refractivity contribution in [3.63, 3.8) is 0 Å². The monoisotopic (exact) mass is 300 g/mol. The lowest BCUT2D eigenvalue weighted by Crippen LogP contribution is -2.36. The summed E-state index contributed by atoms with van der Waals surface area (Å²) in [5, 5.41) is 0. The van der Waals surface area contributed by atoms with E-state index in [1.165, 1.54) is 32.1 Å². The maximum atomic E-state index is 12.2. The van der Waals surface area contributed by atoms with E-state index in [9.17, 15) is 4.79 Å². The van der Waals surface area contributed by atoms with Crippen molar-refractivity contribution in [2.75, 3.05) is 31.9 Å². The molecule has 0 radical (unpaired) electrons. The molecule has 2 heterocycles. The molecule has 2 rings (SSSR count). The van der Waals surface area contributed by atoms with Gasteiger partial charge in [-0.3, -0.25) is 4.79 Å². The number of carbonyl (C=O) groups is 1. The van der Waals surface area contributed by atoms with Gasteiger partial charge in [-0.15, -0.1) is 0 Å². The fourth-order valence-corrected chi connectivity index (χ4v) is 3.86. The van der Waals surface area contributed by atoms with Gasteiger partial charge >= 0.3 is 0 Å². The topological polar surface area (TPSA) is 23.6 Å². The van der Waals surface area contributed by atoms with Crippen molar-refractivity contribution in [2.45, 2.75) is 44.9 Å². The first-order valence-electron chi connectivity index (χ1n) is 7.47. The SMILES string of the molecule is O=C(CSC(=S)N1CCCC1)N1CCCCCCC1. The average Bonchev–Trinajstić information content (AvgIpc) is 2.89. The molecule has 2 fully saturated rings. The Balaban J connectivity index is 1.71. The van der Waals surface area contributed by atoms with Crippen LogP contribution in [0.4, 0.5) is 0 Å². The molecule has 0 aromatic carbocycles. The van der Waals surface area contributed by atoms with Gasteiger partial charge < -0.3 is 9.80 Å². The van der Waals surface area contributed by atoms with E-state index in [1.54, 1.807) is 11.8 Å². The van der Waals surface area contributed by atoms with Crippen molar-refractivity contribution < 1.29 is 4.79 Å². The van der Waals surface area contributed by atoms with E-state index in [0.29, 0.717) is 5.75 Å². The first-order chi connectivity index (χ1) is 9.27. The Hall–Kier alpha value is -0.290. The van der Waals surface area contributed by atoms with Crippen LogP contribution in [-0.4, -0.2) is 52.0 Å². The average molecular weight is 300 g/mol. The van der Waals surface area contributed by atoms with E-state index in [-0.39, 0.29) is 5.91 Å². The molecule has 2 aliphatic heterocycles. The van der Waals surface area contributed by atoms with Gasteiger partial charge in [0.25, 0.3) is 0 Å². The van der Waals surface area contributed by atoms with E-state index in [1.807, 2.05) is 4.90 Å². The van der Waals surface area contributed by atoms with Crippen LogP contribution in [0.3, 0.4) is 0 Å². The first-order valence-corrected chi connectivity index (χ1v) is 8.86. The quantitative estimate of drug-likeness (QED) is 0.732. The smallest absolute Gasteiger partial charge is 0.233 e. The third-order valence-electron chi connectivity index (χ3n) is 3.89. The molecule has 5 heteroatoms. The summed E-state index contributed by atoms with van der Waals surface area (Å²) in [5.74, 6) is 0.795. The van der Waals surface area contributed by atoms with Crippen LogP contribution in [0.2, 0.25) is 0 Å². The van der Waals surface area contributed by atoms with Crippen LogP contribution in [0, 0.1) is 0 Å². The molecule has 0 spiro atoms. The number of nitrogens with zero attached hydrogens (tertiary/aromatic N) is 2. The fraction of sp³-hybridized carbons (Fsp3) is 0.857. The summed E-state index contributed by atoms with van der Waals surface area (Å²) in [6.45, 7) is 4.03. The number of amides is 1. The molecule has 0 atom stereocenters. The molecule has 0 aliphatic carbocycles. The molecule has 2 aliphatic rings. The van der Waals surface area contributed by atoms with Gasteiger partial charge in [-0.2, -0.15) is 0 Å². The molecule has 19 heavy (non-hydrogen) atoms. The predicted octanol–water partition coefficient (Wildman–Crippen LogP) is 2.89. The summed E-state index contributed by atoms with van der Waals surface area (Å²) < 4.78 is 0.915. The summed E-state index contributed by atoms with van der Waals surface area (Å²) in [6.07, 6.45) is 8.66. The second kappa shape index (κ2) is 8.10. The molecule has 0 unspecified atom stereocenters. The van der Waals surface area contributed by atoms with E-state index in [0.717, 1.165) is 43.3 Å². The molecule has 0 N–H and O–H groups in total. The van der Waals surface area contributed by atoms with Crippen LogP contribution in [0.5, 0.6) is 0 Å².